The largest absolute Gasteiger partial charge is 0.411 e. The SMILES string of the molecule is COC[C@@H](C)O[Si](C(C)C)(C(C)C)C(C)C. The van der Waals surface area contributed by atoms with E-state index in [1.54, 1.807) is 7.11 Å². The first-order valence-electron chi connectivity index (χ1n) is 6.45. The van der Waals surface area contributed by atoms with E-state index in [-0.39, 0.29) is 6.10 Å². The lowest BCUT2D eigenvalue weighted by Crippen LogP contribution is -2.50. The molecule has 0 saturated carbocycles. The van der Waals surface area contributed by atoms with Crippen molar-refractivity contribution in [1.29, 1.82) is 0 Å². The third kappa shape index (κ3) is 3.57. The highest BCUT2D eigenvalue weighted by molar-refractivity contribution is 6.77. The van der Waals surface area contributed by atoms with Crippen molar-refractivity contribution < 1.29 is 9.16 Å². The van der Waals surface area contributed by atoms with Crippen molar-refractivity contribution in [2.75, 3.05) is 13.7 Å². The molecule has 2 nitrogen and oxygen atoms in total. The highest BCUT2D eigenvalue weighted by Gasteiger charge is 2.45. The molecule has 0 amide bonds. The Bertz CT molecular complexity index is 169. The van der Waals surface area contributed by atoms with Gasteiger partial charge in [-0.05, 0) is 23.5 Å². The average molecular weight is 246 g/mol. The van der Waals surface area contributed by atoms with E-state index in [4.69, 9.17) is 9.16 Å². The van der Waals surface area contributed by atoms with Gasteiger partial charge in [-0.15, -0.1) is 0 Å². The molecule has 0 heterocycles. The molecular formula is C13H30O2Si. The summed E-state index contributed by atoms with van der Waals surface area (Å²) in [4.78, 5) is 0. The molecule has 0 fully saturated rings. The van der Waals surface area contributed by atoms with E-state index in [0.717, 1.165) is 0 Å². The molecule has 3 heteroatoms. The molecule has 0 radical (unpaired) electrons. The van der Waals surface area contributed by atoms with E-state index in [2.05, 4.69) is 48.5 Å². The Labute approximate surface area is 103 Å². The fourth-order valence-corrected chi connectivity index (χ4v) is 8.61. The predicted octanol–water partition coefficient (Wildman–Crippen LogP) is 4.21. The van der Waals surface area contributed by atoms with Gasteiger partial charge in [0.05, 0.1) is 12.7 Å². The Kier molecular flexibility index (Phi) is 6.83. The highest BCUT2D eigenvalue weighted by Crippen LogP contribution is 2.42. The number of ether oxygens (including phenoxy) is 1. The van der Waals surface area contributed by atoms with Gasteiger partial charge in [0.25, 0.3) is 0 Å². The molecule has 0 rings (SSSR count). The molecule has 0 aliphatic rings. The molecule has 0 aromatic heterocycles. The summed E-state index contributed by atoms with van der Waals surface area (Å²) in [5.74, 6) is 0. The summed E-state index contributed by atoms with van der Waals surface area (Å²) in [6, 6.07) is 0. The van der Waals surface area contributed by atoms with Crippen LogP contribution in [0.1, 0.15) is 48.5 Å². The van der Waals surface area contributed by atoms with Crippen LogP contribution in [0.3, 0.4) is 0 Å². The molecule has 0 saturated heterocycles. The van der Waals surface area contributed by atoms with Gasteiger partial charge in [-0.3, -0.25) is 0 Å². The molecule has 0 aliphatic carbocycles. The number of hydrogen-bond acceptors (Lipinski definition) is 2. The maximum Gasteiger partial charge on any atom is 0.200 e. The van der Waals surface area contributed by atoms with E-state index in [1.165, 1.54) is 0 Å². The van der Waals surface area contributed by atoms with Crippen molar-refractivity contribution in [3.05, 3.63) is 0 Å². The van der Waals surface area contributed by atoms with Crippen molar-refractivity contribution in [2.24, 2.45) is 0 Å². The van der Waals surface area contributed by atoms with Crippen molar-refractivity contribution in [3.63, 3.8) is 0 Å². The van der Waals surface area contributed by atoms with Gasteiger partial charge in [0, 0.05) is 7.11 Å². The van der Waals surface area contributed by atoms with Crippen LogP contribution in [0.5, 0.6) is 0 Å². The lowest BCUT2D eigenvalue weighted by Gasteiger charge is -2.44. The van der Waals surface area contributed by atoms with E-state index in [1.807, 2.05) is 0 Å². The zero-order valence-electron chi connectivity index (χ0n) is 12.3. The van der Waals surface area contributed by atoms with Crippen molar-refractivity contribution >= 4 is 8.32 Å². The second-order valence-corrected chi connectivity index (χ2v) is 11.1. The minimum Gasteiger partial charge on any atom is -0.411 e. The maximum absolute atomic E-state index is 6.48. The van der Waals surface area contributed by atoms with Crippen molar-refractivity contribution in [1.82, 2.24) is 0 Å². The average Bonchev–Trinajstić information content (AvgIpc) is 2.12. The Morgan fingerprint density at radius 2 is 1.19 bits per heavy atom. The van der Waals surface area contributed by atoms with Crippen LogP contribution >= 0.6 is 0 Å². The molecule has 16 heavy (non-hydrogen) atoms. The molecule has 0 aromatic rings. The van der Waals surface area contributed by atoms with Gasteiger partial charge in [0.2, 0.25) is 8.32 Å². The first-order chi connectivity index (χ1) is 7.28. The molecule has 98 valence electrons. The summed E-state index contributed by atoms with van der Waals surface area (Å²) < 4.78 is 11.7. The van der Waals surface area contributed by atoms with E-state index >= 15 is 0 Å². The lowest BCUT2D eigenvalue weighted by atomic mass is 10.5. The standard InChI is InChI=1S/C13H30O2Si/c1-10(2)16(11(3)4,12(5)6)15-13(7)9-14-8/h10-13H,9H2,1-8H3/t13-/m1/s1. The smallest absolute Gasteiger partial charge is 0.200 e. The second-order valence-electron chi connectivity index (χ2n) is 5.70. The van der Waals surface area contributed by atoms with Gasteiger partial charge >= 0.3 is 0 Å². The van der Waals surface area contributed by atoms with Crippen LogP contribution in [-0.2, 0) is 9.16 Å². The van der Waals surface area contributed by atoms with Crippen LogP contribution < -0.4 is 0 Å². The molecule has 1 atom stereocenters. The van der Waals surface area contributed by atoms with Gasteiger partial charge in [0.1, 0.15) is 0 Å². The second kappa shape index (κ2) is 6.77. The summed E-state index contributed by atoms with van der Waals surface area (Å²) in [5.41, 5.74) is 1.94. The molecule has 0 aromatic carbocycles. The van der Waals surface area contributed by atoms with Crippen LogP contribution in [0.15, 0.2) is 0 Å². The van der Waals surface area contributed by atoms with Gasteiger partial charge in [0.15, 0.2) is 0 Å². The summed E-state index contributed by atoms with van der Waals surface area (Å²) in [7, 11) is 0.0314. The number of methoxy groups -OCH3 is 1. The van der Waals surface area contributed by atoms with Crippen LogP contribution in [0.2, 0.25) is 16.6 Å². The Morgan fingerprint density at radius 3 is 1.44 bits per heavy atom. The fraction of sp³-hybridized carbons (Fsp3) is 1.00. The molecular weight excluding hydrogens is 216 g/mol. The number of hydrogen-bond donors (Lipinski definition) is 0. The molecule has 0 unspecified atom stereocenters. The third-order valence-corrected chi connectivity index (χ3v) is 9.74. The van der Waals surface area contributed by atoms with Gasteiger partial charge in [-0.2, -0.15) is 0 Å². The Hall–Kier alpha value is 0.137. The fourth-order valence-electron chi connectivity index (χ4n) is 3.03. The minimum absolute atomic E-state index is 0.212. The summed E-state index contributed by atoms with van der Waals surface area (Å²) in [6.07, 6.45) is 0.212. The first kappa shape index (κ1) is 16.1. The molecule has 0 N–H and O–H groups in total. The Balaban J connectivity index is 4.90. The van der Waals surface area contributed by atoms with Gasteiger partial charge in [-0.25, -0.2) is 0 Å². The maximum atomic E-state index is 6.48. The van der Waals surface area contributed by atoms with E-state index in [0.29, 0.717) is 23.2 Å². The summed E-state index contributed by atoms with van der Waals surface area (Å²) >= 11 is 0. The molecule has 0 aliphatic heterocycles. The number of rotatable bonds is 7. The first-order valence-corrected chi connectivity index (χ1v) is 8.59. The monoisotopic (exact) mass is 246 g/mol. The Morgan fingerprint density at radius 1 is 0.812 bits per heavy atom. The normalized spacial score (nSPS) is 15.2. The van der Waals surface area contributed by atoms with Gasteiger partial charge < -0.3 is 9.16 Å². The van der Waals surface area contributed by atoms with Crippen LogP contribution in [-0.4, -0.2) is 28.1 Å². The highest BCUT2D eigenvalue weighted by atomic mass is 28.4. The van der Waals surface area contributed by atoms with Crippen LogP contribution in [0, 0.1) is 0 Å². The zero-order chi connectivity index (χ0) is 12.9. The van der Waals surface area contributed by atoms with E-state index in [9.17, 15) is 0 Å². The minimum atomic E-state index is -1.71. The van der Waals surface area contributed by atoms with Gasteiger partial charge in [-0.1, -0.05) is 41.5 Å². The van der Waals surface area contributed by atoms with E-state index < -0.39 is 8.32 Å². The van der Waals surface area contributed by atoms with Crippen LogP contribution in [0.4, 0.5) is 0 Å². The van der Waals surface area contributed by atoms with Crippen molar-refractivity contribution in [2.45, 2.75) is 71.2 Å². The predicted molar refractivity (Wildman–Crippen MR) is 73.5 cm³/mol. The molecule has 0 spiro atoms. The summed E-state index contributed by atoms with van der Waals surface area (Å²) in [5, 5.41) is 0. The quantitative estimate of drug-likeness (QED) is 0.626. The topological polar surface area (TPSA) is 18.5 Å². The summed E-state index contributed by atoms with van der Waals surface area (Å²) in [6.45, 7) is 16.7. The van der Waals surface area contributed by atoms with Crippen molar-refractivity contribution in [3.8, 4) is 0 Å². The third-order valence-electron chi connectivity index (χ3n) is 3.51. The zero-order valence-corrected chi connectivity index (χ0v) is 13.3. The lowest BCUT2D eigenvalue weighted by molar-refractivity contribution is 0.0798. The molecule has 0 bridgehead atoms. The van der Waals surface area contributed by atoms with Crippen LogP contribution in [0.25, 0.3) is 0 Å².